The number of hydrogen-bond acceptors (Lipinski definition) is 3. The van der Waals surface area contributed by atoms with Gasteiger partial charge in [-0.2, -0.15) is 0 Å². The highest BCUT2D eigenvalue weighted by molar-refractivity contribution is 9.10. The third-order valence-electron chi connectivity index (χ3n) is 3.37. The van der Waals surface area contributed by atoms with Crippen LogP contribution in [0.3, 0.4) is 0 Å². The van der Waals surface area contributed by atoms with Crippen molar-refractivity contribution in [3.05, 3.63) is 28.5 Å². The van der Waals surface area contributed by atoms with Crippen LogP contribution >= 0.6 is 15.9 Å². The lowest BCUT2D eigenvalue weighted by Crippen LogP contribution is -2.47. The van der Waals surface area contributed by atoms with E-state index in [-0.39, 0.29) is 5.91 Å². The van der Waals surface area contributed by atoms with Crippen molar-refractivity contribution in [1.29, 1.82) is 0 Å². The van der Waals surface area contributed by atoms with E-state index in [1.165, 1.54) is 0 Å². The fourth-order valence-corrected chi connectivity index (χ4v) is 2.64. The number of halogens is 1. The lowest BCUT2D eigenvalue weighted by molar-refractivity contribution is 0.0634. The number of nitrogens with zero attached hydrogens (tertiary/aromatic N) is 3. The van der Waals surface area contributed by atoms with Crippen LogP contribution in [0.15, 0.2) is 22.9 Å². The second-order valence-electron chi connectivity index (χ2n) is 4.90. The van der Waals surface area contributed by atoms with Gasteiger partial charge in [0.05, 0.1) is 5.56 Å². The molecule has 2 heterocycles. The average Bonchev–Trinajstić information content (AvgIpc) is 2.38. The predicted octanol–water partition coefficient (Wildman–Crippen LogP) is 2.01. The summed E-state index contributed by atoms with van der Waals surface area (Å²) in [5, 5.41) is 0. The molecule has 0 N–H and O–H groups in total. The van der Waals surface area contributed by atoms with Gasteiger partial charge in [0.1, 0.15) is 0 Å². The second kappa shape index (κ2) is 5.80. The van der Waals surface area contributed by atoms with Gasteiger partial charge in [-0.1, -0.05) is 0 Å². The molecule has 1 aliphatic rings. The number of likely N-dealkylation sites (N-methyl/N-ethyl adjacent to an activating group) is 1. The van der Waals surface area contributed by atoms with E-state index in [2.05, 4.69) is 39.9 Å². The summed E-state index contributed by atoms with van der Waals surface area (Å²) in [5.41, 5.74) is 0.656. The van der Waals surface area contributed by atoms with Crippen molar-refractivity contribution in [3.63, 3.8) is 0 Å². The molecule has 1 aromatic heterocycles. The van der Waals surface area contributed by atoms with Crippen LogP contribution in [0.1, 0.15) is 23.2 Å². The summed E-state index contributed by atoms with van der Waals surface area (Å²) >= 11 is 3.35. The summed E-state index contributed by atoms with van der Waals surface area (Å²) < 4.78 is 0.842. The van der Waals surface area contributed by atoms with E-state index in [4.69, 9.17) is 0 Å². The van der Waals surface area contributed by atoms with Crippen molar-refractivity contribution in [2.75, 3.05) is 27.2 Å². The molecule has 98 valence electrons. The zero-order chi connectivity index (χ0) is 13.1. The molecule has 0 radical (unpaired) electrons. The summed E-state index contributed by atoms with van der Waals surface area (Å²) in [7, 11) is 4.14. The summed E-state index contributed by atoms with van der Waals surface area (Å²) in [6.45, 7) is 1.65. The first kappa shape index (κ1) is 13.5. The molecule has 0 bridgehead atoms. The number of aromatic nitrogens is 1. The van der Waals surface area contributed by atoms with Crippen LogP contribution < -0.4 is 0 Å². The molecule has 0 saturated carbocycles. The molecule has 1 fully saturated rings. The SMILES string of the molecule is CN(C)C1CCCN(C(=O)c2cncc(Br)c2)C1. The summed E-state index contributed by atoms with van der Waals surface area (Å²) in [4.78, 5) is 20.5. The minimum atomic E-state index is 0.0790. The second-order valence-corrected chi connectivity index (χ2v) is 5.82. The first-order valence-electron chi connectivity index (χ1n) is 6.14. The van der Waals surface area contributed by atoms with Gasteiger partial charge < -0.3 is 9.80 Å². The van der Waals surface area contributed by atoms with Gasteiger partial charge in [-0.15, -0.1) is 0 Å². The third-order valence-corrected chi connectivity index (χ3v) is 3.80. The molecular weight excluding hydrogens is 294 g/mol. The minimum Gasteiger partial charge on any atom is -0.337 e. The van der Waals surface area contributed by atoms with Gasteiger partial charge >= 0.3 is 0 Å². The van der Waals surface area contributed by atoms with Crippen molar-refractivity contribution in [2.45, 2.75) is 18.9 Å². The Morgan fingerprint density at radius 3 is 2.94 bits per heavy atom. The van der Waals surface area contributed by atoms with Crippen LogP contribution in [-0.4, -0.2) is 53.9 Å². The van der Waals surface area contributed by atoms with Crippen LogP contribution in [0.4, 0.5) is 0 Å². The Morgan fingerprint density at radius 1 is 1.50 bits per heavy atom. The number of rotatable bonds is 2. The van der Waals surface area contributed by atoms with Crippen LogP contribution in [0, 0.1) is 0 Å². The Bertz CT molecular complexity index is 436. The highest BCUT2D eigenvalue weighted by Gasteiger charge is 2.25. The van der Waals surface area contributed by atoms with Crippen LogP contribution in [-0.2, 0) is 0 Å². The van der Waals surface area contributed by atoms with Gasteiger partial charge in [0.25, 0.3) is 5.91 Å². The quantitative estimate of drug-likeness (QED) is 0.838. The Morgan fingerprint density at radius 2 is 2.28 bits per heavy atom. The highest BCUT2D eigenvalue weighted by Crippen LogP contribution is 2.17. The Hall–Kier alpha value is -0.940. The van der Waals surface area contributed by atoms with Gasteiger partial charge in [-0.25, -0.2) is 0 Å². The first-order valence-corrected chi connectivity index (χ1v) is 6.93. The molecule has 18 heavy (non-hydrogen) atoms. The van der Waals surface area contributed by atoms with E-state index in [0.29, 0.717) is 11.6 Å². The molecule has 1 amide bonds. The smallest absolute Gasteiger partial charge is 0.255 e. The van der Waals surface area contributed by atoms with Gasteiger partial charge in [0.15, 0.2) is 0 Å². The van der Waals surface area contributed by atoms with Crippen molar-refractivity contribution in [3.8, 4) is 0 Å². The third kappa shape index (κ3) is 3.09. The molecule has 1 aromatic rings. The van der Waals surface area contributed by atoms with E-state index in [1.807, 2.05) is 11.0 Å². The molecule has 5 heteroatoms. The lowest BCUT2D eigenvalue weighted by atomic mass is 10.0. The number of hydrogen-bond donors (Lipinski definition) is 0. The Labute approximate surface area is 116 Å². The van der Waals surface area contributed by atoms with Gasteiger partial charge in [-0.05, 0) is 48.9 Å². The number of amides is 1. The number of pyridine rings is 1. The molecule has 0 spiro atoms. The number of carbonyl (C=O) groups is 1. The lowest BCUT2D eigenvalue weighted by Gasteiger charge is -2.36. The molecule has 0 aromatic carbocycles. The van der Waals surface area contributed by atoms with E-state index >= 15 is 0 Å². The largest absolute Gasteiger partial charge is 0.337 e. The predicted molar refractivity (Wildman–Crippen MR) is 74.5 cm³/mol. The minimum absolute atomic E-state index is 0.0790. The van der Waals surface area contributed by atoms with E-state index < -0.39 is 0 Å². The summed E-state index contributed by atoms with van der Waals surface area (Å²) in [5.74, 6) is 0.0790. The Kier molecular flexibility index (Phi) is 4.35. The molecule has 1 atom stereocenters. The van der Waals surface area contributed by atoms with Gasteiger partial charge in [-0.3, -0.25) is 9.78 Å². The molecule has 1 unspecified atom stereocenters. The van der Waals surface area contributed by atoms with Crippen molar-refractivity contribution in [2.24, 2.45) is 0 Å². The van der Waals surface area contributed by atoms with Gasteiger partial charge in [0.2, 0.25) is 0 Å². The zero-order valence-electron chi connectivity index (χ0n) is 10.8. The van der Waals surface area contributed by atoms with E-state index in [9.17, 15) is 4.79 Å². The van der Waals surface area contributed by atoms with Crippen molar-refractivity contribution in [1.82, 2.24) is 14.8 Å². The molecule has 4 nitrogen and oxygen atoms in total. The maximum Gasteiger partial charge on any atom is 0.255 e. The molecule has 0 aliphatic carbocycles. The topological polar surface area (TPSA) is 36.4 Å². The molecule has 2 rings (SSSR count). The van der Waals surface area contributed by atoms with Crippen LogP contribution in [0.25, 0.3) is 0 Å². The standard InChI is InChI=1S/C13H18BrN3O/c1-16(2)12-4-3-5-17(9-12)13(18)10-6-11(14)8-15-7-10/h6-8,12H,3-5,9H2,1-2H3. The number of carbonyl (C=O) groups excluding carboxylic acids is 1. The van der Waals surface area contributed by atoms with Crippen LogP contribution in [0.2, 0.25) is 0 Å². The average molecular weight is 312 g/mol. The normalized spacial score (nSPS) is 20.2. The maximum atomic E-state index is 12.4. The van der Waals surface area contributed by atoms with Crippen LogP contribution in [0.5, 0.6) is 0 Å². The zero-order valence-corrected chi connectivity index (χ0v) is 12.4. The van der Waals surface area contributed by atoms with E-state index in [0.717, 1.165) is 30.4 Å². The molecule has 1 aliphatic heterocycles. The summed E-state index contributed by atoms with van der Waals surface area (Å²) in [6.07, 6.45) is 5.55. The highest BCUT2D eigenvalue weighted by atomic mass is 79.9. The first-order chi connectivity index (χ1) is 8.58. The van der Waals surface area contributed by atoms with E-state index in [1.54, 1.807) is 12.4 Å². The molecule has 1 saturated heterocycles. The van der Waals surface area contributed by atoms with Crippen molar-refractivity contribution >= 4 is 21.8 Å². The maximum absolute atomic E-state index is 12.4. The number of piperidine rings is 1. The monoisotopic (exact) mass is 311 g/mol. The fourth-order valence-electron chi connectivity index (χ4n) is 2.27. The number of likely N-dealkylation sites (tertiary alicyclic amines) is 1. The molecular formula is C13H18BrN3O. The Balaban J connectivity index is 2.09. The summed E-state index contributed by atoms with van der Waals surface area (Å²) in [6, 6.07) is 2.29. The van der Waals surface area contributed by atoms with Gasteiger partial charge in [0, 0.05) is 36.0 Å². The van der Waals surface area contributed by atoms with Crippen molar-refractivity contribution < 1.29 is 4.79 Å². The fraction of sp³-hybridized carbons (Fsp3) is 0.538.